The first kappa shape index (κ1) is 14.4. The van der Waals surface area contributed by atoms with Crippen molar-refractivity contribution in [3.05, 3.63) is 42.4 Å². The van der Waals surface area contributed by atoms with Gasteiger partial charge in [-0.2, -0.15) is 5.26 Å². The molecule has 4 nitrogen and oxygen atoms in total. The summed E-state index contributed by atoms with van der Waals surface area (Å²) in [5.74, 6) is -0.238. The molecule has 1 heterocycles. The highest BCUT2D eigenvalue weighted by atomic mass is 127. The van der Waals surface area contributed by atoms with Crippen LogP contribution in [0.4, 0.5) is 5.13 Å². The van der Waals surface area contributed by atoms with Crippen molar-refractivity contribution in [2.75, 3.05) is 5.32 Å². The van der Waals surface area contributed by atoms with Gasteiger partial charge in [-0.25, -0.2) is 4.98 Å². The zero-order valence-electron chi connectivity index (χ0n) is 9.70. The molecule has 96 valence electrons. The molecule has 0 aliphatic carbocycles. The number of benzene rings is 1. The van der Waals surface area contributed by atoms with Crippen LogP contribution in [0.1, 0.15) is 20.9 Å². The third-order valence-corrected chi connectivity index (χ3v) is 4.30. The number of aryl methyl sites for hydroxylation is 1. The smallest absolute Gasteiger partial charge is 0.257 e. The zero-order chi connectivity index (χ0) is 14.0. The van der Waals surface area contributed by atoms with Crippen LogP contribution in [0.5, 0.6) is 0 Å². The van der Waals surface area contributed by atoms with E-state index in [0.717, 1.165) is 8.04 Å². The third-order valence-electron chi connectivity index (χ3n) is 2.24. The molecule has 1 aromatic carbocycles. The Hall–Kier alpha value is -0.980. The lowest BCUT2D eigenvalue weighted by Gasteiger charge is -2.03. The molecule has 0 unspecified atom stereocenters. The second kappa shape index (κ2) is 5.98. The number of aromatic nitrogens is 1. The summed E-state index contributed by atoms with van der Waals surface area (Å²) in [4.78, 5) is 16.7. The summed E-state index contributed by atoms with van der Waals surface area (Å²) < 4.78 is 1.81. The number of anilines is 1. The summed E-state index contributed by atoms with van der Waals surface area (Å²) in [5, 5.41) is 12.0. The lowest BCUT2D eigenvalue weighted by molar-refractivity contribution is 0.102. The monoisotopic (exact) mass is 447 g/mol. The van der Waals surface area contributed by atoms with Crippen molar-refractivity contribution in [3.8, 4) is 6.07 Å². The van der Waals surface area contributed by atoms with Crippen LogP contribution in [0.15, 0.2) is 22.7 Å². The molecule has 1 amide bonds. The molecule has 19 heavy (non-hydrogen) atoms. The van der Waals surface area contributed by atoms with Crippen LogP contribution in [0.2, 0.25) is 0 Å². The Morgan fingerprint density at radius 1 is 1.53 bits per heavy atom. The zero-order valence-corrected chi connectivity index (χ0v) is 14.3. The van der Waals surface area contributed by atoms with Crippen LogP contribution in [-0.4, -0.2) is 10.9 Å². The molecule has 1 N–H and O–H groups in total. The highest BCUT2D eigenvalue weighted by molar-refractivity contribution is 14.1. The highest BCUT2D eigenvalue weighted by Gasteiger charge is 2.12. The molecule has 0 saturated carbocycles. The van der Waals surface area contributed by atoms with Crippen molar-refractivity contribution in [1.29, 1.82) is 5.26 Å². The van der Waals surface area contributed by atoms with Crippen molar-refractivity contribution in [2.24, 2.45) is 0 Å². The van der Waals surface area contributed by atoms with Gasteiger partial charge in [-0.3, -0.25) is 10.1 Å². The Balaban J connectivity index is 2.23. The van der Waals surface area contributed by atoms with Crippen LogP contribution in [0, 0.1) is 21.8 Å². The summed E-state index contributed by atoms with van der Waals surface area (Å²) in [6.07, 6.45) is 0. The van der Waals surface area contributed by atoms with Crippen LogP contribution in [0.3, 0.4) is 0 Å². The Kier molecular flexibility index (Phi) is 4.54. The van der Waals surface area contributed by atoms with E-state index in [0.29, 0.717) is 21.3 Å². The Morgan fingerprint density at radius 2 is 2.26 bits per heavy atom. The van der Waals surface area contributed by atoms with Crippen molar-refractivity contribution in [1.82, 2.24) is 4.98 Å². The van der Waals surface area contributed by atoms with Crippen LogP contribution in [0.25, 0.3) is 0 Å². The molecule has 2 rings (SSSR count). The molecule has 0 atom stereocenters. The van der Waals surface area contributed by atoms with Crippen molar-refractivity contribution < 1.29 is 4.79 Å². The van der Waals surface area contributed by atoms with Gasteiger partial charge in [-0.15, -0.1) is 0 Å². The molecule has 0 aliphatic rings. The number of carbonyl (C=O) groups is 1. The molecule has 2 aromatic rings. The minimum Gasteiger partial charge on any atom is -0.298 e. The van der Waals surface area contributed by atoms with Crippen LogP contribution >= 0.6 is 49.9 Å². The summed E-state index contributed by atoms with van der Waals surface area (Å²) in [6, 6.07) is 7.48. The average molecular weight is 448 g/mol. The van der Waals surface area contributed by atoms with Gasteiger partial charge in [0, 0.05) is 13.6 Å². The molecular formula is C12H7BrIN3OS. The average Bonchev–Trinajstić information content (AvgIpc) is 2.68. The van der Waals surface area contributed by atoms with Gasteiger partial charge in [0.1, 0.15) is 10.9 Å². The number of hydrogen-bond donors (Lipinski definition) is 1. The van der Waals surface area contributed by atoms with Crippen molar-refractivity contribution >= 4 is 60.9 Å². The normalized spacial score (nSPS) is 10.0. The number of nitrogens with zero attached hydrogens (tertiary/aromatic N) is 2. The van der Waals surface area contributed by atoms with Crippen molar-refractivity contribution in [3.63, 3.8) is 0 Å². The number of hydrogen-bond acceptors (Lipinski definition) is 4. The minimum absolute atomic E-state index is 0.238. The lowest BCUT2D eigenvalue weighted by atomic mass is 10.2. The molecule has 0 radical (unpaired) electrons. The van der Waals surface area contributed by atoms with E-state index in [4.69, 9.17) is 5.26 Å². The van der Waals surface area contributed by atoms with E-state index in [1.54, 1.807) is 19.1 Å². The van der Waals surface area contributed by atoms with Crippen molar-refractivity contribution in [2.45, 2.75) is 6.92 Å². The van der Waals surface area contributed by atoms with Gasteiger partial charge in [-0.05, 0) is 47.7 Å². The van der Waals surface area contributed by atoms with Gasteiger partial charge in [0.15, 0.2) is 5.13 Å². The predicted molar refractivity (Wildman–Crippen MR) is 86.4 cm³/mol. The number of thiazole rings is 1. The number of carbonyl (C=O) groups excluding carboxylic acids is 1. The van der Waals surface area contributed by atoms with Crippen LogP contribution < -0.4 is 5.32 Å². The fourth-order valence-electron chi connectivity index (χ4n) is 1.41. The number of halogens is 2. The maximum atomic E-state index is 12.1. The number of rotatable bonds is 2. The quantitative estimate of drug-likeness (QED) is 0.709. The van der Waals surface area contributed by atoms with E-state index in [-0.39, 0.29) is 5.91 Å². The summed E-state index contributed by atoms with van der Waals surface area (Å²) in [5.41, 5.74) is 1.18. The molecule has 0 bridgehead atoms. The molecule has 0 spiro atoms. The van der Waals surface area contributed by atoms with Gasteiger partial charge >= 0.3 is 0 Å². The highest BCUT2D eigenvalue weighted by Crippen LogP contribution is 2.23. The maximum Gasteiger partial charge on any atom is 0.257 e. The second-order valence-corrected chi connectivity index (χ2v) is 6.82. The molecule has 0 aliphatic heterocycles. The van der Waals surface area contributed by atoms with Gasteiger partial charge in [0.25, 0.3) is 5.91 Å². The minimum atomic E-state index is -0.238. The Morgan fingerprint density at radius 3 is 2.84 bits per heavy atom. The summed E-state index contributed by atoms with van der Waals surface area (Å²) in [6.45, 7) is 1.74. The fourth-order valence-corrected chi connectivity index (χ4v) is 3.76. The molecule has 7 heteroatoms. The topological polar surface area (TPSA) is 65.8 Å². The van der Waals surface area contributed by atoms with Gasteiger partial charge in [0.2, 0.25) is 0 Å². The first-order valence-electron chi connectivity index (χ1n) is 5.14. The van der Waals surface area contributed by atoms with Crippen LogP contribution in [-0.2, 0) is 0 Å². The third kappa shape index (κ3) is 3.52. The molecule has 1 aromatic heterocycles. The van der Waals surface area contributed by atoms with E-state index in [1.165, 1.54) is 11.3 Å². The number of amides is 1. The predicted octanol–water partition coefficient (Wildman–Crippen LogP) is 3.94. The van der Waals surface area contributed by atoms with Gasteiger partial charge < -0.3 is 0 Å². The van der Waals surface area contributed by atoms with E-state index >= 15 is 0 Å². The first-order chi connectivity index (χ1) is 8.99. The van der Waals surface area contributed by atoms with Gasteiger partial charge in [-0.1, -0.05) is 27.3 Å². The second-order valence-electron chi connectivity index (χ2n) is 3.66. The Bertz CT molecular complexity index is 673. The van der Waals surface area contributed by atoms with E-state index < -0.39 is 0 Å². The number of nitriles is 1. The standard InChI is InChI=1S/C12H7BrIN3OS/c1-6-10(5-15)19-12(16-6)17-11(18)7-2-8(13)4-9(14)3-7/h2-4H,1H3,(H,16,17,18). The van der Waals surface area contributed by atoms with E-state index in [1.807, 2.05) is 12.1 Å². The Labute approximate surface area is 136 Å². The van der Waals surface area contributed by atoms with E-state index in [2.05, 4.69) is 48.8 Å². The SMILES string of the molecule is Cc1nc(NC(=O)c2cc(Br)cc(I)c2)sc1C#N. The number of nitrogens with one attached hydrogen (secondary N) is 1. The van der Waals surface area contributed by atoms with Gasteiger partial charge in [0.05, 0.1) is 5.69 Å². The maximum absolute atomic E-state index is 12.1. The largest absolute Gasteiger partial charge is 0.298 e. The lowest BCUT2D eigenvalue weighted by Crippen LogP contribution is -2.11. The molecule has 0 fully saturated rings. The fraction of sp³-hybridized carbons (Fsp3) is 0.0833. The summed E-state index contributed by atoms with van der Waals surface area (Å²) >= 11 is 6.67. The first-order valence-corrected chi connectivity index (χ1v) is 7.83. The molecular weight excluding hydrogens is 441 g/mol. The summed E-state index contributed by atoms with van der Waals surface area (Å²) in [7, 11) is 0. The van der Waals surface area contributed by atoms with E-state index in [9.17, 15) is 4.79 Å². The molecule has 0 saturated heterocycles.